The number of nitrogens with zero attached hydrogens (tertiary/aromatic N) is 1. The van der Waals surface area contributed by atoms with Crippen LogP contribution in [0.25, 0.3) is 0 Å². The van der Waals surface area contributed by atoms with E-state index in [1.54, 1.807) is 0 Å². The van der Waals surface area contributed by atoms with E-state index in [0.29, 0.717) is 11.8 Å². The Balaban J connectivity index is 1.25. The molecule has 0 spiro atoms. The Morgan fingerprint density at radius 3 is 2.31 bits per heavy atom. The van der Waals surface area contributed by atoms with E-state index >= 15 is 0 Å². The van der Waals surface area contributed by atoms with E-state index in [-0.39, 0.29) is 24.5 Å². The summed E-state index contributed by atoms with van der Waals surface area (Å²) in [6.07, 6.45) is 8.00. The minimum absolute atomic E-state index is 0.0133. The lowest BCUT2D eigenvalue weighted by atomic mass is 9.80. The van der Waals surface area contributed by atoms with E-state index in [1.165, 1.54) is 37.7 Å². The maximum Gasteiger partial charge on any atom is 0.317 e. The Bertz CT molecular complexity index is 658. The molecule has 0 heterocycles. The standard InChI is InChI=1S/C21H28N2O3/c24-20(25)13-23(12-14-4-5-14)19-10-18(11-19)22-21(26)17-8-6-16(7-9-17)15-2-1-3-15/h6-9,14-15,18-19H,1-5,10-13H2,(H,22,26)(H,24,25). The van der Waals surface area contributed by atoms with Gasteiger partial charge >= 0.3 is 5.97 Å². The Hall–Kier alpha value is -1.88. The molecule has 1 aromatic rings. The molecule has 1 aromatic carbocycles. The average Bonchev–Trinajstić information content (AvgIpc) is 3.32. The average molecular weight is 356 g/mol. The van der Waals surface area contributed by atoms with Crippen molar-refractivity contribution in [1.82, 2.24) is 10.2 Å². The maximum absolute atomic E-state index is 12.4. The Kier molecular flexibility index (Phi) is 4.98. The van der Waals surface area contributed by atoms with Gasteiger partial charge in [-0.15, -0.1) is 0 Å². The number of amides is 1. The van der Waals surface area contributed by atoms with Crippen LogP contribution in [0.5, 0.6) is 0 Å². The van der Waals surface area contributed by atoms with Crippen LogP contribution in [-0.4, -0.2) is 47.1 Å². The number of hydrogen-bond donors (Lipinski definition) is 2. The zero-order valence-electron chi connectivity index (χ0n) is 15.2. The highest BCUT2D eigenvalue weighted by Gasteiger charge is 2.37. The van der Waals surface area contributed by atoms with Crippen LogP contribution in [0.4, 0.5) is 0 Å². The van der Waals surface area contributed by atoms with Crippen molar-refractivity contribution in [3.8, 4) is 0 Å². The smallest absolute Gasteiger partial charge is 0.317 e. The van der Waals surface area contributed by atoms with E-state index in [9.17, 15) is 9.59 Å². The van der Waals surface area contributed by atoms with E-state index < -0.39 is 5.97 Å². The molecule has 0 bridgehead atoms. The molecule has 0 aromatic heterocycles. The predicted octanol–water partition coefficient (Wildman–Crippen LogP) is 3.01. The molecule has 3 fully saturated rings. The van der Waals surface area contributed by atoms with Crippen molar-refractivity contribution in [3.63, 3.8) is 0 Å². The number of nitrogens with one attached hydrogen (secondary N) is 1. The second-order valence-corrected chi connectivity index (χ2v) is 8.31. The number of rotatable bonds is 8. The summed E-state index contributed by atoms with van der Waals surface area (Å²) in [7, 11) is 0. The van der Waals surface area contributed by atoms with Crippen molar-refractivity contribution >= 4 is 11.9 Å². The normalized spacial score (nSPS) is 25.4. The minimum atomic E-state index is -0.760. The summed E-state index contributed by atoms with van der Waals surface area (Å²) in [6, 6.07) is 8.50. The van der Waals surface area contributed by atoms with Gasteiger partial charge in [-0.2, -0.15) is 0 Å². The summed E-state index contributed by atoms with van der Waals surface area (Å²) in [5.74, 6) is 0.591. The Labute approximate surface area is 154 Å². The van der Waals surface area contributed by atoms with Crippen molar-refractivity contribution < 1.29 is 14.7 Å². The molecule has 140 valence electrons. The molecule has 5 nitrogen and oxygen atoms in total. The third kappa shape index (κ3) is 4.09. The van der Waals surface area contributed by atoms with Gasteiger partial charge in [0.25, 0.3) is 5.91 Å². The molecule has 0 aliphatic heterocycles. The fourth-order valence-corrected chi connectivity index (χ4v) is 4.07. The lowest BCUT2D eigenvalue weighted by Gasteiger charge is -2.42. The zero-order chi connectivity index (χ0) is 18.1. The fourth-order valence-electron chi connectivity index (χ4n) is 4.07. The van der Waals surface area contributed by atoms with Gasteiger partial charge in [-0.05, 0) is 68.1 Å². The molecule has 2 N–H and O–H groups in total. The molecule has 3 saturated carbocycles. The first-order chi connectivity index (χ1) is 12.6. The molecular weight excluding hydrogens is 328 g/mol. The van der Waals surface area contributed by atoms with E-state index in [4.69, 9.17) is 5.11 Å². The van der Waals surface area contributed by atoms with Crippen molar-refractivity contribution in [3.05, 3.63) is 35.4 Å². The number of carboxylic acid groups (broad SMARTS) is 1. The molecular formula is C21H28N2O3. The van der Waals surface area contributed by atoms with Crippen LogP contribution in [0.1, 0.15) is 66.8 Å². The van der Waals surface area contributed by atoms with Crippen LogP contribution in [0.15, 0.2) is 24.3 Å². The summed E-state index contributed by atoms with van der Waals surface area (Å²) in [5.41, 5.74) is 2.07. The fraction of sp³-hybridized carbons (Fsp3) is 0.619. The molecule has 26 heavy (non-hydrogen) atoms. The number of benzene rings is 1. The van der Waals surface area contributed by atoms with Crippen LogP contribution in [0, 0.1) is 5.92 Å². The van der Waals surface area contributed by atoms with E-state index in [2.05, 4.69) is 22.3 Å². The summed E-state index contributed by atoms with van der Waals surface area (Å²) >= 11 is 0. The molecule has 3 aliphatic carbocycles. The highest BCUT2D eigenvalue weighted by atomic mass is 16.4. The molecule has 4 rings (SSSR count). The molecule has 5 heteroatoms. The highest BCUT2D eigenvalue weighted by Crippen LogP contribution is 2.36. The molecule has 0 radical (unpaired) electrons. The lowest BCUT2D eigenvalue weighted by molar-refractivity contribution is -0.139. The molecule has 0 unspecified atom stereocenters. The second-order valence-electron chi connectivity index (χ2n) is 8.31. The van der Waals surface area contributed by atoms with Gasteiger partial charge < -0.3 is 10.4 Å². The van der Waals surface area contributed by atoms with Crippen molar-refractivity contribution in [2.45, 2.75) is 62.9 Å². The first kappa shape index (κ1) is 17.5. The number of carbonyl (C=O) groups excluding carboxylic acids is 1. The van der Waals surface area contributed by atoms with Crippen LogP contribution in [0.2, 0.25) is 0 Å². The number of carbonyl (C=O) groups is 2. The van der Waals surface area contributed by atoms with Crippen molar-refractivity contribution in [1.29, 1.82) is 0 Å². The topological polar surface area (TPSA) is 69.6 Å². The van der Waals surface area contributed by atoms with Gasteiger partial charge in [-0.25, -0.2) is 0 Å². The van der Waals surface area contributed by atoms with Gasteiger partial charge in [0, 0.05) is 24.2 Å². The Morgan fingerprint density at radius 2 is 1.77 bits per heavy atom. The summed E-state index contributed by atoms with van der Waals surface area (Å²) in [4.78, 5) is 25.6. The van der Waals surface area contributed by atoms with Crippen molar-refractivity contribution in [2.75, 3.05) is 13.1 Å². The van der Waals surface area contributed by atoms with Gasteiger partial charge in [0.1, 0.15) is 0 Å². The summed E-state index contributed by atoms with van der Waals surface area (Å²) < 4.78 is 0. The van der Waals surface area contributed by atoms with Crippen molar-refractivity contribution in [2.24, 2.45) is 5.92 Å². The molecule has 1 amide bonds. The van der Waals surface area contributed by atoms with Crippen LogP contribution in [-0.2, 0) is 4.79 Å². The minimum Gasteiger partial charge on any atom is -0.480 e. The van der Waals surface area contributed by atoms with Gasteiger partial charge in [0.2, 0.25) is 0 Å². The third-order valence-corrected chi connectivity index (χ3v) is 6.24. The predicted molar refractivity (Wildman–Crippen MR) is 99.2 cm³/mol. The monoisotopic (exact) mass is 356 g/mol. The van der Waals surface area contributed by atoms with E-state index in [0.717, 1.165) is 24.9 Å². The zero-order valence-corrected chi connectivity index (χ0v) is 15.2. The van der Waals surface area contributed by atoms with Gasteiger partial charge in [0.05, 0.1) is 6.54 Å². The van der Waals surface area contributed by atoms with Crippen LogP contribution < -0.4 is 5.32 Å². The lowest BCUT2D eigenvalue weighted by Crippen LogP contribution is -2.55. The first-order valence-corrected chi connectivity index (χ1v) is 9.95. The van der Waals surface area contributed by atoms with Gasteiger partial charge in [-0.3, -0.25) is 14.5 Å². The summed E-state index contributed by atoms with van der Waals surface area (Å²) in [6.45, 7) is 1.00. The number of hydrogen-bond acceptors (Lipinski definition) is 3. The largest absolute Gasteiger partial charge is 0.480 e. The van der Waals surface area contributed by atoms with Gasteiger partial charge in [0.15, 0.2) is 0 Å². The molecule has 0 atom stereocenters. The van der Waals surface area contributed by atoms with Crippen LogP contribution >= 0.6 is 0 Å². The van der Waals surface area contributed by atoms with E-state index in [1.807, 2.05) is 12.1 Å². The third-order valence-electron chi connectivity index (χ3n) is 6.24. The SMILES string of the molecule is O=C(O)CN(CC1CC1)C1CC(NC(=O)c2ccc(C3CCC3)cc2)C1. The number of carboxylic acids is 1. The first-order valence-electron chi connectivity index (χ1n) is 9.95. The molecule has 3 aliphatic rings. The summed E-state index contributed by atoms with van der Waals surface area (Å²) in [5, 5.41) is 12.2. The molecule has 0 saturated heterocycles. The second kappa shape index (κ2) is 7.39. The highest BCUT2D eigenvalue weighted by molar-refractivity contribution is 5.94. The Morgan fingerprint density at radius 1 is 1.08 bits per heavy atom. The number of aliphatic carboxylic acids is 1. The van der Waals surface area contributed by atoms with Crippen LogP contribution in [0.3, 0.4) is 0 Å². The maximum atomic E-state index is 12.4. The van der Waals surface area contributed by atoms with Gasteiger partial charge in [-0.1, -0.05) is 18.6 Å². The quantitative estimate of drug-likeness (QED) is 0.751.